The van der Waals surface area contributed by atoms with Gasteiger partial charge in [0.2, 0.25) is 5.95 Å². The second-order valence-corrected chi connectivity index (χ2v) is 8.52. The molecule has 16 heteroatoms. The van der Waals surface area contributed by atoms with E-state index in [0.29, 0.717) is 0 Å². The second kappa shape index (κ2) is 6.62. The molecule has 0 aromatic carbocycles. The number of phosphoric ester groups is 1. The van der Waals surface area contributed by atoms with Gasteiger partial charge in [0.25, 0.3) is 5.56 Å². The minimum Gasteiger partial charge on any atom is -0.390 e. The Kier molecular flexibility index (Phi) is 4.87. The maximum Gasteiger partial charge on any atom is 0.481 e. The third-order valence-electron chi connectivity index (χ3n) is 3.85. The number of imidazole rings is 1. The minimum absolute atomic E-state index is 0.0199. The Morgan fingerprint density at radius 1 is 1.37 bits per heavy atom. The highest BCUT2D eigenvalue weighted by atomic mass is 31.3. The third-order valence-corrected chi connectivity index (χ3v) is 6.02. The second-order valence-electron chi connectivity index (χ2n) is 5.74. The van der Waals surface area contributed by atoms with Crippen LogP contribution in [0.3, 0.4) is 0 Å². The number of aliphatic hydroxyl groups is 1. The summed E-state index contributed by atoms with van der Waals surface area (Å²) in [7, 11) is -10.5. The van der Waals surface area contributed by atoms with Gasteiger partial charge in [-0.2, -0.15) is 9.29 Å². The van der Waals surface area contributed by atoms with E-state index < -0.39 is 39.5 Å². The molecule has 14 nitrogen and oxygen atoms in total. The Bertz CT molecular complexity index is 1060. The minimum atomic E-state index is -5.32. The molecule has 0 saturated heterocycles. The molecule has 0 radical (unpaired) electrons. The van der Waals surface area contributed by atoms with Gasteiger partial charge in [0, 0.05) is 6.42 Å². The van der Waals surface area contributed by atoms with Gasteiger partial charge in [0.05, 0.1) is 18.5 Å². The van der Waals surface area contributed by atoms with E-state index in [9.17, 15) is 23.9 Å². The van der Waals surface area contributed by atoms with E-state index in [0.717, 1.165) is 0 Å². The van der Waals surface area contributed by atoms with Crippen LogP contribution in [-0.4, -0.2) is 51.5 Å². The van der Waals surface area contributed by atoms with Crippen molar-refractivity contribution >= 4 is 32.8 Å². The standard InChI is InChI=1S/C11H15N5O9P2/c1-4-5(16-3-13-7-9(16)14-11(12)15-10(7)18)2-6(17)8(4)24-27(22,23)25-26(19,20)21/h3,5-6,8,17H,1-2H2,(H,22,23)(H2,19,20,21)(H3,12,14,15,18)/t5-,6-,8-/m0/s1. The van der Waals surface area contributed by atoms with E-state index in [-0.39, 0.29) is 29.1 Å². The number of aromatic amines is 1. The molecular weight excluding hydrogens is 408 g/mol. The van der Waals surface area contributed by atoms with Crippen LogP contribution in [0.15, 0.2) is 23.3 Å². The zero-order valence-corrected chi connectivity index (χ0v) is 15.2. The van der Waals surface area contributed by atoms with Crippen molar-refractivity contribution < 1.29 is 37.8 Å². The fourth-order valence-corrected chi connectivity index (χ4v) is 4.63. The van der Waals surface area contributed by atoms with Crippen molar-refractivity contribution in [3.8, 4) is 0 Å². The maximum atomic E-state index is 11.9. The van der Waals surface area contributed by atoms with E-state index in [4.69, 9.17) is 15.5 Å². The van der Waals surface area contributed by atoms with Crippen LogP contribution < -0.4 is 11.3 Å². The molecule has 148 valence electrons. The largest absolute Gasteiger partial charge is 0.481 e. The SMILES string of the molecule is C=C1[C@H](OP(=O)(O)OP(=O)(O)O)[C@@H](O)C[C@@H]1n1cnc2c(=O)[nH]c(N)nc21. The number of nitrogen functional groups attached to an aromatic ring is 1. The molecule has 2 heterocycles. The van der Waals surface area contributed by atoms with Gasteiger partial charge in [-0.15, -0.1) is 0 Å². The summed E-state index contributed by atoms with van der Waals surface area (Å²) in [6, 6.07) is -0.751. The highest BCUT2D eigenvalue weighted by Crippen LogP contribution is 2.59. The smallest absolute Gasteiger partial charge is 0.390 e. The third kappa shape index (κ3) is 4.03. The summed E-state index contributed by atoms with van der Waals surface area (Å²) in [5.74, 6) is -0.166. The highest BCUT2D eigenvalue weighted by molar-refractivity contribution is 7.60. The fraction of sp³-hybridized carbons (Fsp3) is 0.364. The average molecular weight is 423 g/mol. The Morgan fingerprint density at radius 3 is 2.67 bits per heavy atom. The first-order valence-electron chi connectivity index (χ1n) is 7.25. The van der Waals surface area contributed by atoms with Gasteiger partial charge in [-0.05, 0) is 5.57 Å². The van der Waals surface area contributed by atoms with Gasteiger partial charge in [-0.3, -0.25) is 14.3 Å². The molecule has 2 aromatic heterocycles. The van der Waals surface area contributed by atoms with E-state index in [1.54, 1.807) is 0 Å². The predicted molar refractivity (Wildman–Crippen MR) is 89.2 cm³/mol. The molecule has 3 rings (SSSR count). The number of hydrogen-bond acceptors (Lipinski definition) is 9. The Hall–Kier alpha value is -1.89. The maximum absolute atomic E-state index is 11.9. The number of H-pyrrole nitrogens is 1. The van der Waals surface area contributed by atoms with Crippen LogP contribution in [0.5, 0.6) is 0 Å². The summed E-state index contributed by atoms with van der Waals surface area (Å²) < 4.78 is 32.3. The van der Waals surface area contributed by atoms with Crippen molar-refractivity contribution in [2.24, 2.45) is 0 Å². The molecular formula is C11H15N5O9P2. The normalized spacial score (nSPS) is 25.8. The van der Waals surface area contributed by atoms with E-state index in [2.05, 4.69) is 30.4 Å². The number of nitrogens with zero attached hydrogens (tertiary/aromatic N) is 3. The first-order valence-corrected chi connectivity index (χ1v) is 10.3. The van der Waals surface area contributed by atoms with Gasteiger partial charge in [-0.25, -0.2) is 14.1 Å². The first-order chi connectivity index (χ1) is 12.4. The quantitative estimate of drug-likeness (QED) is 0.256. The zero-order valence-electron chi connectivity index (χ0n) is 13.4. The van der Waals surface area contributed by atoms with E-state index in [1.807, 2.05) is 0 Å². The average Bonchev–Trinajstić information content (AvgIpc) is 3.01. The number of nitrogens with one attached hydrogen (secondary N) is 1. The summed E-state index contributed by atoms with van der Waals surface area (Å²) in [4.78, 5) is 48.8. The van der Waals surface area contributed by atoms with Crippen molar-refractivity contribution in [3.05, 3.63) is 28.8 Å². The van der Waals surface area contributed by atoms with Crippen molar-refractivity contribution in [2.75, 3.05) is 5.73 Å². The molecule has 2 aromatic rings. The van der Waals surface area contributed by atoms with Gasteiger partial charge >= 0.3 is 15.6 Å². The van der Waals surface area contributed by atoms with Crippen LogP contribution in [0, 0.1) is 0 Å². The summed E-state index contributed by atoms with van der Waals surface area (Å²) >= 11 is 0. The Morgan fingerprint density at radius 2 is 2.04 bits per heavy atom. The molecule has 1 fully saturated rings. The lowest BCUT2D eigenvalue weighted by Gasteiger charge is -2.21. The van der Waals surface area contributed by atoms with Crippen LogP contribution in [0.1, 0.15) is 12.5 Å². The fourth-order valence-electron chi connectivity index (χ4n) is 2.84. The number of anilines is 1. The number of rotatable bonds is 5. The first kappa shape index (κ1) is 19.9. The number of hydrogen-bond donors (Lipinski definition) is 6. The summed E-state index contributed by atoms with van der Waals surface area (Å²) in [6.45, 7) is 3.70. The number of fused-ring (bicyclic) bond motifs is 1. The number of phosphoric acid groups is 2. The van der Waals surface area contributed by atoms with Gasteiger partial charge in [0.1, 0.15) is 6.10 Å². The topological polar surface area (TPSA) is 223 Å². The molecule has 4 atom stereocenters. The van der Waals surface area contributed by atoms with Crippen molar-refractivity contribution in [2.45, 2.75) is 24.7 Å². The highest BCUT2D eigenvalue weighted by Gasteiger charge is 2.45. The summed E-state index contributed by atoms with van der Waals surface area (Å²) in [5, 5.41) is 10.2. The van der Waals surface area contributed by atoms with Crippen LogP contribution in [-0.2, 0) is 18.0 Å². The van der Waals surface area contributed by atoms with Crippen molar-refractivity contribution in [1.82, 2.24) is 19.5 Å². The monoisotopic (exact) mass is 423 g/mol. The molecule has 0 aliphatic heterocycles. The predicted octanol–water partition coefficient (Wildman–Crippen LogP) is -0.841. The molecule has 1 unspecified atom stereocenters. The molecule has 1 saturated carbocycles. The molecule has 7 N–H and O–H groups in total. The van der Waals surface area contributed by atoms with Gasteiger partial charge < -0.3 is 30.1 Å². The van der Waals surface area contributed by atoms with Crippen LogP contribution in [0.25, 0.3) is 11.2 Å². The molecule has 0 bridgehead atoms. The zero-order chi connectivity index (χ0) is 20.1. The lowest BCUT2D eigenvalue weighted by atomic mass is 10.1. The number of aliphatic hydroxyl groups excluding tert-OH is 1. The van der Waals surface area contributed by atoms with Crippen LogP contribution >= 0.6 is 15.6 Å². The van der Waals surface area contributed by atoms with Crippen LogP contribution in [0.2, 0.25) is 0 Å². The molecule has 27 heavy (non-hydrogen) atoms. The summed E-state index contributed by atoms with van der Waals surface area (Å²) in [6.07, 6.45) is -1.66. The van der Waals surface area contributed by atoms with Gasteiger partial charge in [-0.1, -0.05) is 6.58 Å². The Balaban J connectivity index is 1.91. The molecule has 0 amide bonds. The number of nitrogens with two attached hydrogens (primary N) is 1. The van der Waals surface area contributed by atoms with Crippen molar-refractivity contribution in [1.29, 1.82) is 0 Å². The lowest BCUT2D eigenvalue weighted by molar-refractivity contribution is 0.0519. The molecule has 0 spiro atoms. The van der Waals surface area contributed by atoms with Crippen molar-refractivity contribution in [3.63, 3.8) is 0 Å². The van der Waals surface area contributed by atoms with Gasteiger partial charge in [0.15, 0.2) is 11.2 Å². The number of aromatic nitrogens is 4. The molecule has 1 aliphatic carbocycles. The Labute approximate surface area is 150 Å². The molecule has 1 aliphatic rings. The van der Waals surface area contributed by atoms with E-state index in [1.165, 1.54) is 10.9 Å². The summed E-state index contributed by atoms with van der Waals surface area (Å²) in [5.41, 5.74) is 5.08. The lowest BCUT2D eigenvalue weighted by Crippen LogP contribution is -2.23. The van der Waals surface area contributed by atoms with E-state index >= 15 is 0 Å². The van der Waals surface area contributed by atoms with Crippen LogP contribution in [0.4, 0.5) is 5.95 Å².